The van der Waals surface area contributed by atoms with E-state index in [1.165, 1.54) is 0 Å². The Balaban J connectivity index is 1.68. The van der Waals surface area contributed by atoms with E-state index in [2.05, 4.69) is 20.6 Å². The summed E-state index contributed by atoms with van der Waals surface area (Å²) in [6, 6.07) is 9.31. The third-order valence-corrected chi connectivity index (χ3v) is 4.66. The van der Waals surface area contributed by atoms with E-state index in [4.69, 9.17) is 11.6 Å². The monoisotopic (exact) mass is 356 g/mol. The highest BCUT2D eigenvalue weighted by atomic mass is 35.5. The number of nitrogens with zero attached hydrogens (tertiary/aromatic N) is 5. The van der Waals surface area contributed by atoms with Crippen LogP contribution in [0.3, 0.4) is 0 Å². The predicted octanol–water partition coefficient (Wildman–Crippen LogP) is 1.80. The molecule has 1 amide bonds. The maximum absolute atomic E-state index is 13.1. The lowest BCUT2D eigenvalue weighted by Crippen LogP contribution is -2.48. The molecule has 0 saturated carbocycles. The molecule has 4 rings (SSSR count). The van der Waals surface area contributed by atoms with Crippen molar-refractivity contribution in [1.29, 1.82) is 0 Å². The predicted molar refractivity (Wildman–Crippen MR) is 94.4 cm³/mol. The van der Waals surface area contributed by atoms with Crippen molar-refractivity contribution in [1.82, 2.24) is 30.2 Å². The number of fused-ring (bicyclic) bond motifs is 1. The van der Waals surface area contributed by atoms with Gasteiger partial charge in [0.2, 0.25) is 0 Å². The van der Waals surface area contributed by atoms with Gasteiger partial charge in [0, 0.05) is 37.9 Å². The van der Waals surface area contributed by atoms with Crippen molar-refractivity contribution >= 4 is 28.7 Å². The van der Waals surface area contributed by atoms with Crippen LogP contribution in [0.1, 0.15) is 22.0 Å². The SMILES string of the molecule is Cn1nnc2cc(C(=O)N3CCNCC3c3cccc(Cl)c3)cnc21. The third kappa shape index (κ3) is 2.96. The quantitative estimate of drug-likeness (QED) is 0.757. The van der Waals surface area contributed by atoms with Gasteiger partial charge in [0.15, 0.2) is 5.65 Å². The number of benzene rings is 1. The maximum Gasteiger partial charge on any atom is 0.256 e. The number of carbonyl (C=O) groups is 1. The zero-order chi connectivity index (χ0) is 17.4. The zero-order valence-electron chi connectivity index (χ0n) is 13.7. The highest BCUT2D eigenvalue weighted by Gasteiger charge is 2.29. The zero-order valence-corrected chi connectivity index (χ0v) is 14.4. The number of hydrogen-bond acceptors (Lipinski definition) is 5. The van der Waals surface area contributed by atoms with Crippen LogP contribution in [0, 0.1) is 0 Å². The molecule has 1 aromatic carbocycles. The van der Waals surface area contributed by atoms with Gasteiger partial charge in [0.25, 0.3) is 5.91 Å². The topological polar surface area (TPSA) is 75.9 Å². The second kappa shape index (κ2) is 6.42. The second-order valence-corrected chi connectivity index (χ2v) is 6.49. The highest BCUT2D eigenvalue weighted by molar-refractivity contribution is 6.30. The van der Waals surface area contributed by atoms with Crippen molar-refractivity contribution in [2.24, 2.45) is 7.05 Å². The summed E-state index contributed by atoms with van der Waals surface area (Å²) < 4.78 is 1.59. The molecule has 1 fully saturated rings. The van der Waals surface area contributed by atoms with Crippen molar-refractivity contribution in [3.63, 3.8) is 0 Å². The molecular formula is C17H17ClN6O. The summed E-state index contributed by atoms with van der Waals surface area (Å²) in [5, 5.41) is 12.0. The summed E-state index contributed by atoms with van der Waals surface area (Å²) in [7, 11) is 1.77. The molecule has 1 unspecified atom stereocenters. The molecule has 0 spiro atoms. The molecule has 25 heavy (non-hydrogen) atoms. The minimum atomic E-state index is -0.0718. The molecule has 1 aliphatic heterocycles. The maximum atomic E-state index is 13.1. The summed E-state index contributed by atoms with van der Waals surface area (Å²) in [6.07, 6.45) is 1.59. The molecule has 1 saturated heterocycles. The lowest BCUT2D eigenvalue weighted by atomic mass is 10.0. The lowest BCUT2D eigenvalue weighted by Gasteiger charge is -2.36. The average molecular weight is 357 g/mol. The summed E-state index contributed by atoms with van der Waals surface area (Å²) in [5.74, 6) is -0.0634. The summed E-state index contributed by atoms with van der Waals surface area (Å²) in [6.45, 7) is 2.06. The van der Waals surface area contributed by atoms with E-state index in [1.54, 1.807) is 24.0 Å². The Labute approximate surface area is 149 Å². The first-order valence-corrected chi connectivity index (χ1v) is 8.44. The van der Waals surface area contributed by atoms with Gasteiger partial charge in [-0.2, -0.15) is 0 Å². The number of hydrogen-bond donors (Lipinski definition) is 1. The molecule has 7 nitrogen and oxygen atoms in total. The van der Waals surface area contributed by atoms with Gasteiger partial charge >= 0.3 is 0 Å². The molecular weight excluding hydrogens is 340 g/mol. The number of pyridine rings is 1. The molecule has 0 aliphatic carbocycles. The van der Waals surface area contributed by atoms with Gasteiger partial charge in [0.1, 0.15) is 5.52 Å². The number of halogens is 1. The molecule has 3 aromatic rings. The Bertz CT molecular complexity index is 940. The number of piperazine rings is 1. The van der Waals surface area contributed by atoms with E-state index in [0.29, 0.717) is 34.8 Å². The van der Waals surface area contributed by atoms with Gasteiger partial charge in [-0.05, 0) is 23.8 Å². The van der Waals surface area contributed by atoms with E-state index in [9.17, 15) is 4.79 Å². The number of aryl methyl sites for hydroxylation is 1. The molecule has 3 heterocycles. The Hall–Kier alpha value is -2.51. The Morgan fingerprint density at radius 1 is 1.36 bits per heavy atom. The van der Waals surface area contributed by atoms with Crippen molar-refractivity contribution < 1.29 is 4.79 Å². The number of carbonyl (C=O) groups excluding carboxylic acids is 1. The van der Waals surface area contributed by atoms with E-state index in [0.717, 1.165) is 12.1 Å². The number of nitrogens with one attached hydrogen (secondary N) is 1. The van der Waals surface area contributed by atoms with Crippen molar-refractivity contribution in [2.75, 3.05) is 19.6 Å². The van der Waals surface area contributed by atoms with Crippen LogP contribution in [0.5, 0.6) is 0 Å². The number of amides is 1. The van der Waals surface area contributed by atoms with E-state index < -0.39 is 0 Å². The molecule has 1 N–H and O–H groups in total. The van der Waals surface area contributed by atoms with E-state index in [1.807, 2.05) is 29.2 Å². The second-order valence-electron chi connectivity index (χ2n) is 6.05. The van der Waals surface area contributed by atoms with Gasteiger partial charge in [-0.3, -0.25) is 4.79 Å². The molecule has 1 atom stereocenters. The largest absolute Gasteiger partial charge is 0.329 e. The first kappa shape index (κ1) is 16.0. The minimum absolute atomic E-state index is 0.0634. The van der Waals surface area contributed by atoms with Crippen molar-refractivity contribution in [2.45, 2.75) is 6.04 Å². The fourth-order valence-corrected chi connectivity index (χ4v) is 3.37. The first-order chi connectivity index (χ1) is 12.1. The molecule has 0 bridgehead atoms. The van der Waals surface area contributed by atoms with Crippen LogP contribution in [0.2, 0.25) is 5.02 Å². The summed E-state index contributed by atoms with van der Waals surface area (Å²) in [4.78, 5) is 19.3. The van der Waals surface area contributed by atoms with Crippen LogP contribution in [0.25, 0.3) is 11.2 Å². The molecule has 1 aliphatic rings. The molecule has 0 radical (unpaired) electrons. The van der Waals surface area contributed by atoms with Gasteiger partial charge in [-0.1, -0.05) is 28.9 Å². The van der Waals surface area contributed by atoms with Crippen LogP contribution in [-0.4, -0.2) is 50.4 Å². The van der Waals surface area contributed by atoms with Gasteiger partial charge in [-0.15, -0.1) is 5.10 Å². The number of rotatable bonds is 2. The van der Waals surface area contributed by atoms with Gasteiger partial charge in [-0.25, -0.2) is 9.67 Å². The first-order valence-electron chi connectivity index (χ1n) is 8.06. The average Bonchev–Trinajstić information content (AvgIpc) is 3.01. The van der Waals surface area contributed by atoms with Crippen LogP contribution in [-0.2, 0) is 7.05 Å². The van der Waals surface area contributed by atoms with Gasteiger partial charge in [0.05, 0.1) is 11.6 Å². The standard InChI is InChI=1S/C17H17ClN6O/c1-23-16-14(21-22-23)8-12(9-20-16)17(25)24-6-5-19-10-15(24)11-3-2-4-13(18)7-11/h2-4,7-9,15,19H,5-6,10H2,1H3. The summed E-state index contributed by atoms with van der Waals surface area (Å²) in [5.41, 5.74) is 2.80. The minimum Gasteiger partial charge on any atom is -0.329 e. The third-order valence-electron chi connectivity index (χ3n) is 4.43. The van der Waals surface area contributed by atoms with Crippen LogP contribution < -0.4 is 5.32 Å². The van der Waals surface area contributed by atoms with Crippen LogP contribution in [0.15, 0.2) is 36.5 Å². The fraction of sp³-hybridized carbons (Fsp3) is 0.294. The Kier molecular flexibility index (Phi) is 4.10. The lowest BCUT2D eigenvalue weighted by molar-refractivity contribution is 0.0634. The van der Waals surface area contributed by atoms with Crippen LogP contribution in [0.4, 0.5) is 0 Å². The fourth-order valence-electron chi connectivity index (χ4n) is 3.17. The molecule has 128 valence electrons. The van der Waals surface area contributed by atoms with E-state index >= 15 is 0 Å². The Morgan fingerprint density at radius 3 is 3.08 bits per heavy atom. The normalized spacial score (nSPS) is 17.8. The summed E-state index contributed by atoms with van der Waals surface area (Å²) >= 11 is 6.12. The van der Waals surface area contributed by atoms with Crippen molar-refractivity contribution in [3.05, 3.63) is 52.7 Å². The van der Waals surface area contributed by atoms with Crippen LogP contribution >= 0.6 is 11.6 Å². The smallest absolute Gasteiger partial charge is 0.256 e. The number of aromatic nitrogens is 4. The Morgan fingerprint density at radius 2 is 2.24 bits per heavy atom. The molecule has 8 heteroatoms. The van der Waals surface area contributed by atoms with Gasteiger partial charge < -0.3 is 10.2 Å². The molecule has 2 aromatic heterocycles. The highest BCUT2D eigenvalue weighted by Crippen LogP contribution is 2.26. The van der Waals surface area contributed by atoms with Crippen molar-refractivity contribution in [3.8, 4) is 0 Å². The van der Waals surface area contributed by atoms with E-state index in [-0.39, 0.29) is 11.9 Å².